The molecule has 0 bridgehead atoms. The Kier molecular flexibility index (Phi) is 9.85. The second-order valence-electron chi connectivity index (χ2n) is 4.01. The third-order valence-electron chi connectivity index (χ3n) is 2.78. The van der Waals surface area contributed by atoms with Gasteiger partial charge in [0.05, 0.1) is 0 Å². The van der Waals surface area contributed by atoms with Crippen molar-refractivity contribution >= 4 is 0 Å². The minimum atomic E-state index is 0. The third kappa shape index (κ3) is 5.68. The van der Waals surface area contributed by atoms with Crippen LogP contribution < -0.4 is 58.2 Å². The normalized spacial score (nSPS) is 19.7. The fourth-order valence-electron chi connectivity index (χ4n) is 1.74. The Hall–Kier alpha value is 1.69. The second-order valence-corrected chi connectivity index (χ2v) is 4.01. The zero-order valence-corrected chi connectivity index (χ0v) is 15.1. The van der Waals surface area contributed by atoms with E-state index in [0.29, 0.717) is 6.04 Å². The Balaban J connectivity index is 0.00000169. The SMILES string of the molecule is C[N-]CCN1CCN(C(C)C)CC1.[Rb+]. The van der Waals surface area contributed by atoms with Crippen molar-refractivity contribution in [2.45, 2.75) is 19.9 Å². The van der Waals surface area contributed by atoms with Crippen LogP contribution in [0.2, 0.25) is 0 Å². The summed E-state index contributed by atoms with van der Waals surface area (Å²) in [4.78, 5) is 5.05. The first kappa shape index (κ1) is 15.7. The molecule has 1 saturated heterocycles. The van der Waals surface area contributed by atoms with Gasteiger partial charge in [0.2, 0.25) is 0 Å². The molecule has 78 valence electrons. The maximum Gasteiger partial charge on any atom is 1.00 e. The summed E-state index contributed by atoms with van der Waals surface area (Å²) in [6.45, 7) is 11.6. The monoisotopic (exact) mass is 269 g/mol. The summed E-state index contributed by atoms with van der Waals surface area (Å²) >= 11 is 0. The van der Waals surface area contributed by atoms with E-state index in [2.05, 4.69) is 29.0 Å². The van der Waals surface area contributed by atoms with Crippen LogP contribution in [-0.4, -0.2) is 62.2 Å². The molecule has 0 amide bonds. The maximum absolute atomic E-state index is 4.13. The van der Waals surface area contributed by atoms with Gasteiger partial charge in [-0.3, -0.25) is 4.90 Å². The molecule has 0 atom stereocenters. The van der Waals surface area contributed by atoms with Gasteiger partial charge in [-0.25, -0.2) is 0 Å². The fourth-order valence-corrected chi connectivity index (χ4v) is 1.74. The van der Waals surface area contributed by atoms with Crippen LogP contribution in [-0.2, 0) is 0 Å². The molecule has 0 aromatic carbocycles. The molecule has 0 N–H and O–H groups in total. The van der Waals surface area contributed by atoms with E-state index in [9.17, 15) is 0 Å². The molecular weight excluding hydrogens is 248 g/mol. The summed E-state index contributed by atoms with van der Waals surface area (Å²) < 4.78 is 0. The standard InChI is InChI=1S/C10H22N3.Rb/c1-10(2)13-8-6-12(7-9-13)5-4-11-3;/h10H,4-9H2,1-3H3;/q-1;+1. The summed E-state index contributed by atoms with van der Waals surface area (Å²) in [5.41, 5.74) is 0. The average Bonchev–Trinajstić information content (AvgIpc) is 2.15. The molecule has 1 fully saturated rings. The number of likely N-dealkylation sites (N-methyl/N-ethyl adjacent to an activating group) is 1. The van der Waals surface area contributed by atoms with E-state index in [1.165, 1.54) is 26.2 Å². The Bertz CT molecular complexity index is 133. The first-order chi connectivity index (χ1) is 6.24. The first-order valence-corrected chi connectivity index (χ1v) is 5.26. The quantitative estimate of drug-likeness (QED) is 0.590. The zero-order valence-electron chi connectivity index (χ0n) is 10.2. The molecule has 0 saturated carbocycles. The van der Waals surface area contributed by atoms with Crippen LogP contribution >= 0.6 is 0 Å². The van der Waals surface area contributed by atoms with Gasteiger partial charge in [0.25, 0.3) is 0 Å². The molecule has 1 rings (SSSR count). The number of hydrogen-bond donors (Lipinski definition) is 0. The van der Waals surface area contributed by atoms with Crippen LogP contribution in [0.5, 0.6) is 0 Å². The van der Waals surface area contributed by atoms with Crippen LogP contribution in [0.15, 0.2) is 0 Å². The smallest absolute Gasteiger partial charge is 0.664 e. The Morgan fingerprint density at radius 1 is 1.14 bits per heavy atom. The minimum Gasteiger partial charge on any atom is -0.664 e. The van der Waals surface area contributed by atoms with E-state index in [-0.39, 0.29) is 58.2 Å². The van der Waals surface area contributed by atoms with Crippen molar-refractivity contribution in [3.8, 4) is 0 Å². The van der Waals surface area contributed by atoms with Crippen molar-refractivity contribution in [2.75, 3.05) is 46.3 Å². The molecule has 0 unspecified atom stereocenters. The molecule has 0 spiro atoms. The molecule has 14 heavy (non-hydrogen) atoms. The van der Waals surface area contributed by atoms with Gasteiger partial charge < -0.3 is 10.2 Å². The van der Waals surface area contributed by atoms with E-state index >= 15 is 0 Å². The molecule has 1 heterocycles. The number of rotatable bonds is 4. The van der Waals surface area contributed by atoms with Crippen molar-refractivity contribution < 1.29 is 58.2 Å². The summed E-state index contributed by atoms with van der Waals surface area (Å²) in [6.07, 6.45) is 0. The summed E-state index contributed by atoms with van der Waals surface area (Å²) in [6, 6.07) is 0.706. The molecule has 0 aromatic heterocycles. The average molecular weight is 270 g/mol. The fraction of sp³-hybridized carbons (Fsp3) is 1.00. The molecule has 0 radical (unpaired) electrons. The second kappa shape index (κ2) is 8.79. The summed E-state index contributed by atoms with van der Waals surface area (Å²) in [7, 11) is 1.89. The molecule has 1 aliphatic heterocycles. The number of hydrogen-bond acceptors (Lipinski definition) is 2. The van der Waals surface area contributed by atoms with Crippen LogP contribution in [0.4, 0.5) is 0 Å². The van der Waals surface area contributed by atoms with E-state index in [4.69, 9.17) is 0 Å². The number of piperazine rings is 1. The van der Waals surface area contributed by atoms with Crippen LogP contribution in [0.25, 0.3) is 5.32 Å². The number of nitrogens with zero attached hydrogens (tertiary/aromatic N) is 3. The van der Waals surface area contributed by atoms with Gasteiger partial charge in [-0.15, -0.1) is 6.54 Å². The van der Waals surface area contributed by atoms with Gasteiger partial charge >= 0.3 is 58.2 Å². The summed E-state index contributed by atoms with van der Waals surface area (Å²) in [5.74, 6) is 0. The Morgan fingerprint density at radius 3 is 2.14 bits per heavy atom. The molecule has 3 nitrogen and oxygen atoms in total. The van der Waals surface area contributed by atoms with E-state index in [0.717, 1.165) is 13.1 Å². The Morgan fingerprint density at radius 2 is 1.71 bits per heavy atom. The van der Waals surface area contributed by atoms with E-state index in [1.807, 2.05) is 7.05 Å². The predicted molar refractivity (Wildman–Crippen MR) is 57.3 cm³/mol. The van der Waals surface area contributed by atoms with Gasteiger partial charge in [-0.2, -0.15) is 7.05 Å². The topological polar surface area (TPSA) is 20.6 Å². The molecule has 0 aliphatic carbocycles. The summed E-state index contributed by atoms with van der Waals surface area (Å²) in [5, 5.41) is 4.13. The molecule has 4 heteroatoms. The third-order valence-corrected chi connectivity index (χ3v) is 2.78. The van der Waals surface area contributed by atoms with Gasteiger partial charge in [0, 0.05) is 32.2 Å². The van der Waals surface area contributed by atoms with Crippen molar-refractivity contribution in [2.24, 2.45) is 0 Å². The zero-order chi connectivity index (χ0) is 9.68. The van der Waals surface area contributed by atoms with E-state index in [1.54, 1.807) is 0 Å². The van der Waals surface area contributed by atoms with Crippen molar-refractivity contribution in [3.05, 3.63) is 5.32 Å². The van der Waals surface area contributed by atoms with Crippen LogP contribution in [0.1, 0.15) is 13.8 Å². The van der Waals surface area contributed by atoms with Crippen LogP contribution in [0.3, 0.4) is 0 Å². The predicted octanol–water partition coefficient (Wildman–Crippen LogP) is -1.98. The first-order valence-electron chi connectivity index (χ1n) is 5.26. The van der Waals surface area contributed by atoms with Gasteiger partial charge in [-0.05, 0) is 20.4 Å². The van der Waals surface area contributed by atoms with E-state index < -0.39 is 0 Å². The molecule has 0 aromatic rings. The Labute approximate surface area is 137 Å². The largest absolute Gasteiger partial charge is 1.00 e. The van der Waals surface area contributed by atoms with Crippen molar-refractivity contribution in [3.63, 3.8) is 0 Å². The van der Waals surface area contributed by atoms with Crippen molar-refractivity contribution in [1.82, 2.24) is 9.80 Å². The van der Waals surface area contributed by atoms with Crippen LogP contribution in [0, 0.1) is 0 Å². The maximum atomic E-state index is 4.13. The molecular formula is C10H22N3Rb. The van der Waals surface area contributed by atoms with Crippen molar-refractivity contribution in [1.29, 1.82) is 0 Å². The minimum absolute atomic E-state index is 0. The van der Waals surface area contributed by atoms with Gasteiger partial charge in [0.1, 0.15) is 0 Å². The van der Waals surface area contributed by atoms with Gasteiger partial charge in [-0.1, -0.05) is 0 Å². The molecule has 1 aliphatic rings. The van der Waals surface area contributed by atoms with Gasteiger partial charge in [0.15, 0.2) is 0 Å².